The van der Waals surface area contributed by atoms with Crippen molar-refractivity contribution in [1.29, 1.82) is 0 Å². The van der Waals surface area contributed by atoms with E-state index in [9.17, 15) is 9.59 Å². The van der Waals surface area contributed by atoms with Gasteiger partial charge >= 0.3 is 6.03 Å². The molecule has 0 aromatic heterocycles. The van der Waals surface area contributed by atoms with Gasteiger partial charge in [-0.3, -0.25) is 10.1 Å². The fourth-order valence-electron chi connectivity index (χ4n) is 1.35. The molecule has 110 valence electrons. The van der Waals surface area contributed by atoms with Gasteiger partial charge in [-0.1, -0.05) is 37.6 Å². The highest BCUT2D eigenvalue weighted by Gasteiger charge is 2.07. The molecule has 1 aromatic rings. The number of imide groups is 1. The van der Waals surface area contributed by atoms with E-state index < -0.39 is 6.03 Å². The van der Waals surface area contributed by atoms with Crippen molar-refractivity contribution in [3.05, 3.63) is 34.9 Å². The Labute approximate surface area is 128 Å². The summed E-state index contributed by atoms with van der Waals surface area (Å²) >= 11 is 7.24. The Hall–Kier alpha value is -1.20. The van der Waals surface area contributed by atoms with Crippen LogP contribution in [-0.4, -0.2) is 24.2 Å². The van der Waals surface area contributed by atoms with Gasteiger partial charge in [0.1, 0.15) is 0 Å². The van der Waals surface area contributed by atoms with Crippen molar-refractivity contribution in [1.82, 2.24) is 10.6 Å². The smallest absolute Gasteiger partial charge is 0.321 e. The molecule has 0 bridgehead atoms. The molecule has 0 fully saturated rings. The third-order valence-corrected chi connectivity index (χ3v) is 3.59. The monoisotopic (exact) mass is 314 g/mol. The maximum Gasteiger partial charge on any atom is 0.321 e. The molecule has 0 aliphatic carbocycles. The van der Waals surface area contributed by atoms with Crippen molar-refractivity contribution in [3.63, 3.8) is 0 Å². The van der Waals surface area contributed by atoms with E-state index in [0.717, 1.165) is 5.56 Å². The van der Waals surface area contributed by atoms with E-state index in [0.29, 0.717) is 23.2 Å². The van der Waals surface area contributed by atoms with Gasteiger partial charge in [0.05, 0.1) is 5.75 Å². The van der Waals surface area contributed by atoms with Crippen molar-refractivity contribution < 1.29 is 9.59 Å². The van der Waals surface area contributed by atoms with Crippen LogP contribution in [-0.2, 0) is 10.5 Å². The van der Waals surface area contributed by atoms with Gasteiger partial charge < -0.3 is 5.32 Å². The zero-order valence-corrected chi connectivity index (χ0v) is 13.2. The van der Waals surface area contributed by atoms with Crippen LogP contribution < -0.4 is 10.6 Å². The molecule has 2 N–H and O–H groups in total. The molecule has 1 aromatic carbocycles. The Balaban J connectivity index is 2.19. The molecular weight excluding hydrogens is 296 g/mol. The zero-order chi connectivity index (χ0) is 15.0. The van der Waals surface area contributed by atoms with Gasteiger partial charge in [-0.15, -0.1) is 11.8 Å². The lowest BCUT2D eigenvalue weighted by atomic mass is 10.2. The lowest BCUT2D eigenvalue weighted by Gasteiger charge is -2.08. The van der Waals surface area contributed by atoms with Crippen LogP contribution in [0.1, 0.15) is 19.4 Å². The molecule has 4 nitrogen and oxygen atoms in total. The Morgan fingerprint density at radius 2 is 1.90 bits per heavy atom. The first-order valence-corrected chi connectivity index (χ1v) is 7.90. The SMILES string of the molecule is CC(C)CNC(=O)NC(=O)CSCc1ccc(Cl)cc1. The molecule has 0 aliphatic rings. The maximum atomic E-state index is 11.5. The van der Waals surface area contributed by atoms with Crippen LogP contribution in [0.5, 0.6) is 0 Å². The topological polar surface area (TPSA) is 58.2 Å². The van der Waals surface area contributed by atoms with E-state index in [4.69, 9.17) is 11.6 Å². The standard InChI is InChI=1S/C14H19ClN2O2S/c1-10(2)7-16-14(19)17-13(18)9-20-8-11-3-5-12(15)6-4-11/h3-6,10H,7-9H2,1-2H3,(H2,16,17,18,19). The minimum Gasteiger partial charge on any atom is -0.338 e. The van der Waals surface area contributed by atoms with Gasteiger partial charge in [0.2, 0.25) is 5.91 Å². The highest BCUT2D eigenvalue weighted by Crippen LogP contribution is 2.15. The number of carbonyl (C=O) groups is 2. The predicted molar refractivity (Wildman–Crippen MR) is 84.0 cm³/mol. The largest absolute Gasteiger partial charge is 0.338 e. The predicted octanol–water partition coefficient (Wildman–Crippen LogP) is 3.06. The number of rotatable bonds is 6. The minimum absolute atomic E-state index is 0.248. The van der Waals surface area contributed by atoms with Crippen LogP contribution >= 0.6 is 23.4 Å². The molecule has 1 rings (SSSR count). The lowest BCUT2D eigenvalue weighted by molar-refractivity contribution is -0.117. The Bertz CT molecular complexity index is 449. The van der Waals surface area contributed by atoms with E-state index >= 15 is 0 Å². The van der Waals surface area contributed by atoms with Crippen molar-refractivity contribution in [2.45, 2.75) is 19.6 Å². The second-order valence-electron chi connectivity index (χ2n) is 4.77. The number of carbonyl (C=O) groups excluding carboxylic acids is 2. The van der Waals surface area contributed by atoms with Gasteiger partial charge in [-0.2, -0.15) is 0 Å². The Morgan fingerprint density at radius 1 is 1.25 bits per heavy atom. The molecule has 6 heteroatoms. The number of hydrogen-bond acceptors (Lipinski definition) is 3. The van der Waals surface area contributed by atoms with Gasteiger partial charge in [0.15, 0.2) is 0 Å². The fourth-order valence-corrected chi connectivity index (χ4v) is 2.26. The second-order valence-corrected chi connectivity index (χ2v) is 6.19. The van der Waals surface area contributed by atoms with E-state index in [2.05, 4.69) is 10.6 Å². The van der Waals surface area contributed by atoms with Crippen molar-refractivity contribution in [3.8, 4) is 0 Å². The molecule has 0 spiro atoms. The van der Waals surface area contributed by atoms with E-state index in [-0.39, 0.29) is 11.7 Å². The van der Waals surface area contributed by atoms with Gasteiger partial charge in [-0.05, 0) is 23.6 Å². The van der Waals surface area contributed by atoms with Crippen LogP contribution in [0.4, 0.5) is 4.79 Å². The summed E-state index contributed by atoms with van der Waals surface area (Å²) in [6.07, 6.45) is 0. The summed E-state index contributed by atoms with van der Waals surface area (Å²) in [4.78, 5) is 22.9. The number of benzene rings is 1. The summed E-state index contributed by atoms with van der Waals surface area (Å²) in [5.41, 5.74) is 1.09. The van der Waals surface area contributed by atoms with Crippen molar-refractivity contribution in [2.75, 3.05) is 12.3 Å². The number of urea groups is 1. The van der Waals surface area contributed by atoms with Crippen molar-refractivity contribution in [2.24, 2.45) is 5.92 Å². The molecule has 3 amide bonds. The van der Waals surface area contributed by atoms with Crippen LogP contribution in [0.2, 0.25) is 5.02 Å². The van der Waals surface area contributed by atoms with Crippen molar-refractivity contribution >= 4 is 35.3 Å². The van der Waals surface area contributed by atoms with Gasteiger partial charge in [0, 0.05) is 17.3 Å². The minimum atomic E-state index is -0.434. The van der Waals surface area contributed by atoms with Gasteiger partial charge in [0.25, 0.3) is 0 Å². The van der Waals surface area contributed by atoms with Crippen LogP contribution in [0.25, 0.3) is 0 Å². The third-order valence-electron chi connectivity index (χ3n) is 2.34. The molecule has 0 unspecified atom stereocenters. The molecule has 0 aliphatic heterocycles. The van der Waals surface area contributed by atoms with Crippen LogP contribution in [0, 0.1) is 5.92 Å². The lowest BCUT2D eigenvalue weighted by Crippen LogP contribution is -2.41. The first kappa shape index (κ1) is 16.9. The average Bonchev–Trinajstić information content (AvgIpc) is 2.38. The average molecular weight is 315 g/mol. The number of halogens is 1. The first-order chi connectivity index (χ1) is 9.47. The molecule has 0 heterocycles. The summed E-state index contributed by atoms with van der Waals surface area (Å²) in [5, 5.41) is 5.63. The molecule has 0 atom stereocenters. The highest BCUT2D eigenvalue weighted by atomic mass is 35.5. The Kier molecular flexibility index (Phi) is 7.47. The summed E-state index contributed by atoms with van der Waals surface area (Å²) in [6.45, 7) is 4.53. The second kappa shape index (κ2) is 8.87. The fraction of sp³-hybridized carbons (Fsp3) is 0.429. The number of hydrogen-bond donors (Lipinski definition) is 2. The normalized spacial score (nSPS) is 10.4. The highest BCUT2D eigenvalue weighted by molar-refractivity contribution is 7.99. The molecule has 0 saturated carbocycles. The Morgan fingerprint density at radius 3 is 2.50 bits per heavy atom. The summed E-state index contributed by atoms with van der Waals surface area (Å²) in [5.74, 6) is 1.02. The van der Waals surface area contributed by atoms with E-state index in [1.807, 2.05) is 38.1 Å². The summed E-state index contributed by atoms with van der Waals surface area (Å²) in [7, 11) is 0. The third kappa shape index (κ3) is 7.40. The molecular formula is C14H19ClN2O2S. The number of nitrogens with one attached hydrogen (secondary N) is 2. The van der Waals surface area contributed by atoms with Crippen LogP contribution in [0.3, 0.4) is 0 Å². The molecule has 0 saturated heterocycles. The number of amides is 3. The zero-order valence-electron chi connectivity index (χ0n) is 11.6. The summed E-state index contributed by atoms with van der Waals surface area (Å²) < 4.78 is 0. The quantitative estimate of drug-likeness (QED) is 0.848. The molecule has 20 heavy (non-hydrogen) atoms. The summed E-state index contributed by atoms with van der Waals surface area (Å²) in [6, 6.07) is 7.04. The van der Waals surface area contributed by atoms with E-state index in [1.165, 1.54) is 11.8 Å². The maximum absolute atomic E-state index is 11.5. The first-order valence-electron chi connectivity index (χ1n) is 6.37. The van der Waals surface area contributed by atoms with Gasteiger partial charge in [-0.25, -0.2) is 4.79 Å². The number of thioether (sulfide) groups is 1. The van der Waals surface area contributed by atoms with Crippen LogP contribution in [0.15, 0.2) is 24.3 Å². The van der Waals surface area contributed by atoms with E-state index in [1.54, 1.807) is 0 Å². The molecule has 0 radical (unpaired) electrons.